The number of nitrogens with one attached hydrogen (secondary N) is 1. The predicted molar refractivity (Wildman–Crippen MR) is 140 cm³/mol. The number of aliphatic imine (C=N–C) groups is 1. The van der Waals surface area contributed by atoms with E-state index in [1.165, 1.54) is 5.56 Å². The summed E-state index contributed by atoms with van der Waals surface area (Å²) >= 11 is 0. The maximum absolute atomic E-state index is 6.08. The van der Waals surface area contributed by atoms with Gasteiger partial charge in [0.25, 0.3) is 0 Å². The summed E-state index contributed by atoms with van der Waals surface area (Å²) in [5, 5.41) is 3.12. The third-order valence-corrected chi connectivity index (χ3v) is 4.70. The van der Waals surface area contributed by atoms with Crippen LogP contribution in [-0.2, 0) is 13.0 Å². The highest BCUT2D eigenvalue weighted by Gasteiger charge is 2.04. The Morgan fingerprint density at radius 1 is 0.938 bits per heavy atom. The Balaban J connectivity index is 0.00000289. The zero-order valence-corrected chi connectivity index (χ0v) is 19.9. The molecule has 1 heterocycles. The van der Waals surface area contributed by atoms with Crippen LogP contribution in [0.3, 0.4) is 0 Å². The number of aromatic nitrogens is 2. The molecule has 0 saturated heterocycles. The SMILES string of the molecule is I.NC(=NCCc1nccn1Cc1ccccc1)Nc1cccc(Oc2ccccc2)c1. The first-order valence-corrected chi connectivity index (χ1v) is 10.2. The summed E-state index contributed by atoms with van der Waals surface area (Å²) in [5.41, 5.74) is 8.14. The molecule has 0 radical (unpaired) electrons. The van der Waals surface area contributed by atoms with Gasteiger partial charge in [-0.25, -0.2) is 4.98 Å². The molecule has 6 nitrogen and oxygen atoms in total. The number of imidazole rings is 1. The summed E-state index contributed by atoms with van der Waals surface area (Å²) in [7, 11) is 0. The van der Waals surface area contributed by atoms with Crippen molar-refractivity contribution in [1.29, 1.82) is 0 Å². The zero-order chi connectivity index (χ0) is 21.3. The standard InChI is InChI=1S/C25H25N5O.HI/c26-25(29-21-10-7-13-23(18-21)31-22-11-5-2-6-12-22)28-15-14-24-27-16-17-30(24)19-20-8-3-1-4-9-20;/h1-13,16-18H,14-15,19H2,(H3,26,28,29);1H. The lowest BCUT2D eigenvalue weighted by atomic mass is 10.2. The molecule has 0 bridgehead atoms. The van der Waals surface area contributed by atoms with E-state index in [4.69, 9.17) is 10.5 Å². The number of rotatable bonds is 8. The first-order valence-electron chi connectivity index (χ1n) is 10.2. The predicted octanol–water partition coefficient (Wildman–Crippen LogP) is 5.31. The Kier molecular flexibility index (Phi) is 8.68. The van der Waals surface area contributed by atoms with Crippen molar-refractivity contribution in [2.24, 2.45) is 10.7 Å². The van der Waals surface area contributed by atoms with Crippen molar-refractivity contribution >= 4 is 35.6 Å². The van der Waals surface area contributed by atoms with Gasteiger partial charge in [0, 0.05) is 43.7 Å². The molecule has 0 atom stereocenters. The van der Waals surface area contributed by atoms with Crippen LogP contribution in [-0.4, -0.2) is 22.1 Å². The van der Waals surface area contributed by atoms with Gasteiger partial charge in [-0.3, -0.25) is 4.99 Å². The number of nitrogens with zero attached hydrogens (tertiary/aromatic N) is 3. The second kappa shape index (κ2) is 11.9. The van der Waals surface area contributed by atoms with Gasteiger partial charge in [-0.15, -0.1) is 24.0 Å². The molecule has 7 heteroatoms. The normalized spacial score (nSPS) is 10.9. The average molecular weight is 539 g/mol. The fourth-order valence-corrected chi connectivity index (χ4v) is 3.22. The van der Waals surface area contributed by atoms with Gasteiger partial charge < -0.3 is 20.4 Å². The number of hydrogen-bond acceptors (Lipinski definition) is 3. The summed E-state index contributed by atoms with van der Waals surface area (Å²) in [6, 6.07) is 27.6. The summed E-state index contributed by atoms with van der Waals surface area (Å²) in [6.07, 6.45) is 4.52. The van der Waals surface area contributed by atoms with E-state index in [1.807, 2.05) is 85.2 Å². The van der Waals surface area contributed by atoms with Crippen LogP contribution in [0.4, 0.5) is 5.69 Å². The van der Waals surface area contributed by atoms with Crippen molar-refractivity contribution in [3.8, 4) is 11.5 Å². The van der Waals surface area contributed by atoms with E-state index in [9.17, 15) is 0 Å². The van der Waals surface area contributed by atoms with Gasteiger partial charge in [0.2, 0.25) is 0 Å². The van der Waals surface area contributed by atoms with Crippen molar-refractivity contribution in [1.82, 2.24) is 9.55 Å². The first-order chi connectivity index (χ1) is 15.3. The molecule has 0 saturated carbocycles. The summed E-state index contributed by atoms with van der Waals surface area (Å²) < 4.78 is 8.00. The highest BCUT2D eigenvalue weighted by molar-refractivity contribution is 14.0. The number of guanidine groups is 1. The molecule has 0 unspecified atom stereocenters. The van der Waals surface area contributed by atoms with E-state index in [1.54, 1.807) is 0 Å². The maximum atomic E-state index is 6.08. The van der Waals surface area contributed by atoms with Crippen LogP contribution in [0.5, 0.6) is 11.5 Å². The molecular formula is C25H26IN5O. The molecule has 0 aliphatic heterocycles. The van der Waals surface area contributed by atoms with Gasteiger partial charge >= 0.3 is 0 Å². The van der Waals surface area contributed by atoms with Gasteiger partial charge in [-0.2, -0.15) is 0 Å². The Morgan fingerprint density at radius 2 is 1.66 bits per heavy atom. The smallest absolute Gasteiger partial charge is 0.193 e. The number of anilines is 1. The Morgan fingerprint density at radius 3 is 2.44 bits per heavy atom. The number of nitrogens with two attached hydrogens (primary N) is 1. The molecular weight excluding hydrogens is 513 g/mol. The minimum Gasteiger partial charge on any atom is -0.457 e. The second-order valence-electron chi connectivity index (χ2n) is 7.04. The van der Waals surface area contributed by atoms with E-state index in [0.717, 1.165) is 29.6 Å². The molecule has 164 valence electrons. The van der Waals surface area contributed by atoms with Crippen LogP contribution >= 0.6 is 24.0 Å². The lowest BCUT2D eigenvalue weighted by Crippen LogP contribution is -2.23. The van der Waals surface area contributed by atoms with Gasteiger partial charge in [0.1, 0.15) is 17.3 Å². The van der Waals surface area contributed by atoms with E-state index >= 15 is 0 Å². The lowest BCUT2D eigenvalue weighted by molar-refractivity contribution is 0.483. The van der Waals surface area contributed by atoms with Crippen molar-refractivity contribution in [2.45, 2.75) is 13.0 Å². The molecule has 0 aliphatic rings. The molecule has 4 rings (SSSR count). The molecule has 1 aromatic heterocycles. The molecule has 0 aliphatic carbocycles. The van der Waals surface area contributed by atoms with E-state index < -0.39 is 0 Å². The van der Waals surface area contributed by atoms with Gasteiger partial charge in [-0.05, 0) is 29.8 Å². The van der Waals surface area contributed by atoms with Crippen LogP contribution in [0.15, 0.2) is 102 Å². The highest BCUT2D eigenvalue weighted by atomic mass is 127. The number of hydrogen-bond donors (Lipinski definition) is 2. The molecule has 3 aromatic carbocycles. The molecule has 3 N–H and O–H groups in total. The average Bonchev–Trinajstić information content (AvgIpc) is 3.22. The monoisotopic (exact) mass is 539 g/mol. The fourth-order valence-electron chi connectivity index (χ4n) is 3.22. The number of para-hydroxylation sites is 1. The van der Waals surface area contributed by atoms with Gasteiger partial charge in [-0.1, -0.05) is 54.6 Å². The van der Waals surface area contributed by atoms with Crippen molar-refractivity contribution < 1.29 is 4.74 Å². The summed E-state index contributed by atoms with van der Waals surface area (Å²) in [5.74, 6) is 2.86. The number of benzene rings is 3. The largest absolute Gasteiger partial charge is 0.457 e. The molecule has 4 aromatic rings. The molecule has 32 heavy (non-hydrogen) atoms. The van der Waals surface area contributed by atoms with Gasteiger partial charge in [0.05, 0.1) is 0 Å². The maximum Gasteiger partial charge on any atom is 0.193 e. The van der Waals surface area contributed by atoms with Crippen LogP contribution in [0.25, 0.3) is 0 Å². The minimum absolute atomic E-state index is 0. The summed E-state index contributed by atoms with van der Waals surface area (Å²) in [4.78, 5) is 8.91. The van der Waals surface area contributed by atoms with Crippen molar-refractivity contribution in [3.63, 3.8) is 0 Å². The van der Waals surface area contributed by atoms with Gasteiger partial charge in [0.15, 0.2) is 5.96 Å². The molecule has 0 spiro atoms. The Bertz CT molecular complexity index is 1130. The molecule has 0 fully saturated rings. The van der Waals surface area contributed by atoms with Crippen LogP contribution in [0, 0.1) is 0 Å². The van der Waals surface area contributed by atoms with Crippen LogP contribution in [0.2, 0.25) is 0 Å². The van der Waals surface area contributed by atoms with Crippen LogP contribution in [0.1, 0.15) is 11.4 Å². The number of halogens is 1. The highest BCUT2D eigenvalue weighted by Crippen LogP contribution is 2.23. The Labute approximate surface area is 205 Å². The lowest BCUT2D eigenvalue weighted by Gasteiger charge is -2.10. The zero-order valence-electron chi connectivity index (χ0n) is 17.6. The van der Waals surface area contributed by atoms with E-state index in [0.29, 0.717) is 18.9 Å². The quantitative estimate of drug-likeness (QED) is 0.181. The van der Waals surface area contributed by atoms with Crippen molar-refractivity contribution in [3.05, 3.63) is 109 Å². The first kappa shape index (κ1) is 23.3. The topological polar surface area (TPSA) is 77.5 Å². The third kappa shape index (κ3) is 6.84. The third-order valence-electron chi connectivity index (χ3n) is 4.70. The minimum atomic E-state index is 0. The Hall–Kier alpha value is -3.33. The summed E-state index contributed by atoms with van der Waals surface area (Å²) in [6.45, 7) is 1.34. The van der Waals surface area contributed by atoms with E-state index in [-0.39, 0.29) is 24.0 Å². The molecule has 0 amide bonds. The van der Waals surface area contributed by atoms with Crippen molar-refractivity contribution in [2.75, 3.05) is 11.9 Å². The second-order valence-corrected chi connectivity index (χ2v) is 7.04. The van der Waals surface area contributed by atoms with E-state index in [2.05, 4.69) is 32.0 Å². The van der Waals surface area contributed by atoms with Crippen LogP contribution < -0.4 is 15.8 Å². The number of ether oxygens (including phenoxy) is 1. The fraction of sp³-hybridized carbons (Fsp3) is 0.120.